The van der Waals surface area contributed by atoms with Crippen LogP contribution in [0.25, 0.3) is 11.5 Å². The number of hydrogen-bond donors (Lipinski definition) is 2. The first kappa shape index (κ1) is 18.2. The Bertz CT molecular complexity index is 1050. The molecule has 3 heterocycles. The first-order valence-corrected chi connectivity index (χ1v) is 10.7. The van der Waals surface area contributed by atoms with Crippen LogP contribution in [0.3, 0.4) is 0 Å². The molecular weight excluding hydrogens is 366 g/mol. The van der Waals surface area contributed by atoms with Gasteiger partial charge in [0.15, 0.2) is 5.82 Å². The van der Waals surface area contributed by atoms with E-state index in [1.54, 1.807) is 16.7 Å². The lowest BCUT2D eigenvalue weighted by atomic mass is 10.1. The average molecular weight is 393 g/mol. The molecule has 7 heteroatoms. The highest BCUT2D eigenvalue weighted by Crippen LogP contribution is 2.37. The van der Waals surface area contributed by atoms with Crippen LogP contribution in [0.1, 0.15) is 56.3 Å². The van der Waals surface area contributed by atoms with Crippen molar-refractivity contribution in [1.29, 1.82) is 0 Å². The van der Waals surface area contributed by atoms with Gasteiger partial charge in [0.2, 0.25) is 0 Å². The van der Waals surface area contributed by atoms with Gasteiger partial charge in [-0.2, -0.15) is 0 Å². The summed E-state index contributed by atoms with van der Waals surface area (Å²) >= 11 is 0. The van der Waals surface area contributed by atoms with E-state index in [0.29, 0.717) is 19.0 Å². The number of nitrogens with one attached hydrogen (secondary N) is 1. The molecule has 1 aromatic rings. The molecule has 1 saturated carbocycles. The van der Waals surface area contributed by atoms with Crippen molar-refractivity contribution in [3.63, 3.8) is 0 Å². The van der Waals surface area contributed by atoms with E-state index in [1.165, 1.54) is 12.8 Å². The third kappa shape index (κ3) is 3.18. The summed E-state index contributed by atoms with van der Waals surface area (Å²) in [6.45, 7) is 3.34. The van der Waals surface area contributed by atoms with Crippen molar-refractivity contribution >= 4 is 5.82 Å². The predicted molar refractivity (Wildman–Crippen MR) is 112 cm³/mol. The SMILES string of the molecule is CCCn1c2nc(C3CCCC3)nc-2c2n(c1=O)C[C@@H](Cc1ccc(O)cc1)N2. The lowest BCUT2D eigenvalue weighted by Crippen LogP contribution is -2.32. The Hall–Kier alpha value is -2.83. The molecule has 0 radical (unpaired) electrons. The van der Waals surface area contributed by atoms with Crippen molar-refractivity contribution in [3.8, 4) is 17.3 Å². The maximum Gasteiger partial charge on any atom is 0.331 e. The summed E-state index contributed by atoms with van der Waals surface area (Å²) in [5.74, 6) is 3.11. The number of imidazole rings is 1. The van der Waals surface area contributed by atoms with Crippen LogP contribution in [0.4, 0.5) is 5.82 Å². The number of benzene rings is 1. The quantitative estimate of drug-likeness (QED) is 0.694. The molecule has 29 heavy (non-hydrogen) atoms. The van der Waals surface area contributed by atoms with E-state index in [-0.39, 0.29) is 17.5 Å². The molecule has 7 nitrogen and oxygen atoms in total. The monoisotopic (exact) mass is 393 g/mol. The Balaban J connectivity index is 1.52. The van der Waals surface area contributed by atoms with Crippen molar-refractivity contribution in [2.45, 2.75) is 70.5 Å². The molecule has 1 atom stereocenters. The highest BCUT2D eigenvalue weighted by Gasteiger charge is 2.33. The summed E-state index contributed by atoms with van der Waals surface area (Å²) in [5.41, 5.74) is 1.94. The molecule has 0 saturated heterocycles. The maximum atomic E-state index is 13.2. The molecule has 2 N–H and O–H groups in total. The highest BCUT2D eigenvalue weighted by atomic mass is 16.3. The summed E-state index contributed by atoms with van der Waals surface area (Å²) < 4.78 is 3.63. The van der Waals surface area contributed by atoms with Gasteiger partial charge in [0, 0.05) is 25.0 Å². The van der Waals surface area contributed by atoms with E-state index >= 15 is 0 Å². The molecule has 0 bridgehead atoms. The van der Waals surface area contributed by atoms with Gasteiger partial charge >= 0.3 is 5.69 Å². The Morgan fingerprint density at radius 1 is 1.17 bits per heavy atom. The third-order valence-electron chi connectivity index (χ3n) is 6.20. The van der Waals surface area contributed by atoms with Crippen LogP contribution in [-0.4, -0.2) is 30.3 Å². The zero-order valence-electron chi connectivity index (χ0n) is 16.8. The second-order valence-corrected chi connectivity index (χ2v) is 8.34. The van der Waals surface area contributed by atoms with Crippen LogP contribution < -0.4 is 11.0 Å². The molecule has 0 amide bonds. The zero-order valence-corrected chi connectivity index (χ0v) is 16.8. The van der Waals surface area contributed by atoms with Crippen LogP contribution in [0.15, 0.2) is 29.1 Å². The molecule has 5 rings (SSSR count). The van der Waals surface area contributed by atoms with E-state index in [4.69, 9.17) is 9.97 Å². The molecule has 0 aromatic heterocycles. The van der Waals surface area contributed by atoms with Gasteiger partial charge < -0.3 is 10.4 Å². The maximum absolute atomic E-state index is 13.2. The van der Waals surface area contributed by atoms with Crippen LogP contribution in [-0.2, 0) is 19.5 Å². The van der Waals surface area contributed by atoms with Crippen molar-refractivity contribution in [2.24, 2.45) is 0 Å². The second kappa shape index (κ2) is 7.21. The van der Waals surface area contributed by atoms with Gasteiger partial charge in [-0.3, -0.25) is 9.13 Å². The topological polar surface area (TPSA) is 85.0 Å². The third-order valence-corrected chi connectivity index (χ3v) is 6.20. The molecular formula is C22H27N5O2. The minimum atomic E-state index is -0.00655. The van der Waals surface area contributed by atoms with Crippen molar-refractivity contribution < 1.29 is 5.11 Å². The summed E-state index contributed by atoms with van der Waals surface area (Å²) in [5, 5.41) is 13.0. The van der Waals surface area contributed by atoms with E-state index in [1.807, 2.05) is 16.7 Å². The molecule has 0 unspecified atom stereocenters. The number of rotatable bonds is 5. The fourth-order valence-corrected chi connectivity index (χ4v) is 4.76. The number of hydrogen-bond acceptors (Lipinski definition) is 5. The van der Waals surface area contributed by atoms with E-state index < -0.39 is 0 Å². The molecule has 1 aliphatic carbocycles. The highest BCUT2D eigenvalue weighted by molar-refractivity contribution is 5.70. The van der Waals surface area contributed by atoms with Gasteiger partial charge in [0.05, 0.1) is 0 Å². The minimum Gasteiger partial charge on any atom is -0.508 e. The van der Waals surface area contributed by atoms with Crippen LogP contribution in [0.2, 0.25) is 0 Å². The Labute approximate surface area is 169 Å². The molecule has 1 aromatic carbocycles. The first-order chi connectivity index (χ1) is 14.1. The van der Waals surface area contributed by atoms with Crippen molar-refractivity contribution in [3.05, 3.63) is 46.1 Å². The normalized spacial score (nSPS) is 19.0. The number of aromatic nitrogens is 4. The Morgan fingerprint density at radius 3 is 2.66 bits per heavy atom. The number of fused-ring (bicyclic) bond motifs is 3. The zero-order chi connectivity index (χ0) is 20.0. The smallest absolute Gasteiger partial charge is 0.331 e. The number of anilines is 1. The largest absolute Gasteiger partial charge is 0.508 e. The van der Waals surface area contributed by atoms with Gasteiger partial charge in [-0.05, 0) is 43.4 Å². The minimum absolute atomic E-state index is 0.00655. The van der Waals surface area contributed by atoms with E-state index in [2.05, 4.69) is 12.2 Å². The van der Waals surface area contributed by atoms with Gasteiger partial charge in [0.1, 0.15) is 23.1 Å². The van der Waals surface area contributed by atoms with E-state index in [0.717, 1.165) is 54.4 Å². The molecule has 0 spiro atoms. The molecule has 4 aliphatic rings. The first-order valence-electron chi connectivity index (χ1n) is 10.7. The summed E-state index contributed by atoms with van der Waals surface area (Å²) in [4.78, 5) is 23.0. The summed E-state index contributed by atoms with van der Waals surface area (Å²) in [7, 11) is 0. The van der Waals surface area contributed by atoms with Crippen LogP contribution in [0.5, 0.6) is 5.75 Å². The summed E-state index contributed by atoms with van der Waals surface area (Å²) in [6.07, 6.45) is 6.40. The molecule has 152 valence electrons. The van der Waals surface area contributed by atoms with Gasteiger partial charge in [-0.25, -0.2) is 14.8 Å². The fraction of sp³-hybridized carbons (Fsp3) is 0.500. The van der Waals surface area contributed by atoms with E-state index in [9.17, 15) is 9.90 Å². The van der Waals surface area contributed by atoms with Gasteiger partial charge in [0.25, 0.3) is 0 Å². The summed E-state index contributed by atoms with van der Waals surface area (Å²) in [6, 6.07) is 7.37. The lowest BCUT2D eigenvalue weighted by Gasteiger charge is -2.13. The van der Waals surface area contributed by atoms with Crippen LogP contribution in [0, 0.1) is 0 Å². The number of phenols is 1. The Morgan fingerprint density at radius 2 is 1.93 bits per heavy atom. The lowest BCUT2D eigenvalue weighted by molar-refractivity contribution is 0.475. The number of nitrogens with zero attached hydrogens (tertiary/aromatic N) is 4. The number of aromatic hydroxyl groups is 1. The average Bonchev–Trinajstić information content (AvgIpc) is 3.45. The van der Waals surface area contributed by atoms with Gasteiger partial charge in [-0.1, -0.05) is 31.9 Å². The number of phenolic OH excluding ortho intramolecular Hbond substituents is 1. The molecule has 1 fully saturated rings. The molecule has 3 aliphatic heterocycles. The fourth-order valence-electron chi connectivity index (χ4n) is 4.76. The standard InChI is InChI=1S/C22H27N5O2/c1-2-11-26-21-18(24-19(25-21)15-5-3-4-6-15)20-23-16(13-27(20)22(26)29)12-14-7-9-17(28)10-8-14/h7-10,15-16,23,28H,2-6,11-13H2,1H3/t16-/m1/s1. The second-order valence-electron chi connectivity index (χ2n) is 8.34. The van der Waals surface area contributed by atoms with Crippen LogP contribution >= 0.6 is 0 Å². The Kier molecular flexibility index (Phi) is 4.53. The van der Waals surface area contributed by atoms with Crippen molar-refractivity contribution in [1.82, 2.24) is 19.1 Å². The van der Waals surface area contributed by atoms with Crippen molar-refractivity contribution in [2.75, 3.05) is 5.32 Å². The van der Waals surface area contributed by atoms with Gasteiger partial charge in [-0.15, -0.1) is 0 Å². The predicted octanol–water partition coefficient (Wildman–Crippen LogP) is 3.35.